The van der Waals surface area contributed by atoms with E-state index in [0.29, 0.717) is 37.8 Å². The molecule has 0 atom stereocenters. The zero-order chi connectivity index (χ0) is 16.0. The standard InChI is InChI=1S/C13H9Cl4N5/c1-21(2)12-10(9-7(15)3-6(14)4-8(9)16)11(17)20-13-18-5-19-22(12)13/h3-5H,1-2H3. The van der Waals surface area contributed by atoms with Gasteiger partial charge in [-0.25, -0.2) is 0 Å². The van der Waals surface area contributed by atoms with Gasteiger partial charge >= 0.3 is 0 Å². The summed E-state index contributed by atoms with van der Waals surface area (Å²) < 4.78 is 1.57. The van der Waals surface area contributed by atoms with Gasteiger partial charge < -0.3 is 4.90 Å². The quantitative estimate of drug-likeness (QED) is 0.619. The molecular formula is C13H9Cl4N5. The predicted octanol–water partition coefficient (Wildman–Crippen LogP) is 4.47. The number of hydrogen-bond acceptors (Lipinski definition) is 4. The van der Waals surface area contributed by atoms with Crippen molar-refractivity contribution in [2.45, 2.75) is 0 Å². The van der Waals surface area contributed by atoms with Crippen LogP contribution in [0.3, 0.4) is 0 Å². The summed E-state index contributed by atoms with van der Waals surface area (Å²) in [7, 11) is 3.71. The highest BCUT2D eigenvalue weighted by molar-refractivity contribution is 6.43. The lowest BCUT2D eigenvalue weighted by Crippen LogP contribution is -2.16. The van der Waals surface area contributed by atoms with Gasteiger partial charge in [0.15, 0.2) is 0 Å². The fourth-order valence-corrected chi connectivity index (χ4v) is 3.47. The molecule has 0 aliphatic rings. The first-order valence-corrected chi connectivity index (χ1v) is 7.62. The third kappa shape index (κ3) is 2.48. The average molecular weight is 377 g/mol. The molecule has 0 fully saturated rings. The van der Waals surface area contributed by atoms with Crippen molar-refractivity contribution in [3.63, 3.8) is 0 Å². The Morgan fingerprint density at radius 1 is 1.00 bits per heavy atom. The number of benzene rings is 1. The Morgan fingerprint density at radius 2 is 1.64 bits per heavy atom. The van der Waals surface area contributed by atoms with Crippen LogP contribution in [0.2, 0.25) is 20.2 Å². The van der Waals surface area contributed by atoms with E-state index >= 15 is 0 Å². The van der Waals surface area contributed by atoms with Crippen LogP contribution in [0.1, 0.15) is 0 Å². The molecule has 5 nitrogen and oxygen atoms in total. The molecule has 3 aromatic rings. The van der Waals surface area contributed by atoms with Gasteiger partial charge in [-0.05, 0) is 12.1 Å². The van der Waals surface area contributed by atoms with E-state index in [2.05, 4.69) is 15.1 Å². The van der Waals surface area contributed by atoms with Crippen molar-refractivity contribution in [2.75, 3.05) is 19.0 Å². The van der Waals surface area contributed by atoms with Crippen LogP contribution in [-0.2, 0) is 0 Å². The number of hydrogen-bond donors (Lipinski definition) is 0. The molecule has 3 rings (SSSR count). The number of rotatable bonds is 2. The minimum absolute atomic E-state index is 0.232. The van der Waals surface area contributed by atoms with Crippen LogP contribution in [0.5, 0.6) is 0 Å². The molecule has 1 aromatic carbocycles. The smallest absolute Gasteiger partial charge is 0.255 e. The van der Waals surface area contributed by atoms with E-state index in [9.17, 15) is 0 Å². The lowest BCUT2D eigenvalue weighted by molar-refractivity contribution is 0.898. The molecule has 2 aromatic heterocycles. The summed E-state index contributed by atoms with van der Waals surface area (Å²) in [5.74, 6) is 1.05. The third-order valence-electron chi connectivity index (χ3n) is 3.04. The summed E-state index contributed by atoms with van der Waals surface area (Å²) in [5, 5.41) is 5.60. The number of nitrogens with zero attached hydrogens (tertiary/aromatic N) is 5. The van der Waals surface area contributed by atoms with Crippen molar-refractivity contribution in [3.05, 3.63) is 38.7 Å². The fraction of sp³-hybridized carbons (Fsp3) is 0.154. The van der Waals surface area contributed by atoms with Gasteiger partial charge in [0.1, 0.15) is 17.3 Å². The molecule has 0 radical (unpaired) electrons. The van der Waals surface area contributed by atoms with Gasteiger partial charge in [0.25, 0.3) is 5.78 Å². The summed E-state index contributed by atoms with van der Waals surface area (Å²) >= 11 is 25.0. The monoisotopic (exact) mass is 375 g/mol. The topological polar surface area (TPSA) is 46.3 Å². The molecule has 114 valence electrons. The summed E-state index contributed by atoms with van der Waals surface area (Å²) in [4.78, 5) is 10.1. The van der Waals surface area contributed by atoms with Crippen LogP contribution in [0.4, 0.5) is 5.82 Å². The molecule has 0 amide bonds. The van der Waals surface area contributed by atoms with E-state index in [1.165, 1.54) is 6.33 Å². The van der Waals surface area contributed by atoms with E-state index in [-0.39, 0.29) is 5.15 Å². The molecule has 0 saturated heterocycles. The Hall–Kier alpha value is -1.27. The minimum Gasteiger partial charge on any atom is -0.362 e. The molecule has 0 spiro atoms. The number of aromatic nitrogens is 4. The number of fused-ring (bicyclic) bond motifs is 1. The van der Waals surface area contributed by atoms with Gasteiger partial charge in [-0.2, -0.15) is 19.6 Å². The van der Waals surface area contributed by atoms with E-state index in [4.69, 9.17) is 46.4 Å². The second kappa shape index (κ2) is 5.74. The third-order valence-corrected chi connectivity index (χ3v) is 4.13. The highest BCUT2D eigenvalue weighted by atomic mass is 35.5. The first kappa shape index (κ1) is 15.6. The van der Waals surface area contributed by atoms with E-state index in [1.807, 2.05) is 19.0 Å². The molecule has 22 heavy (non-hydrogen) atoms. The lowest BCUT2D eigenvalue weighted by atomic mass is 10.1. The van der Waals surface area contributed by atoms with E-state index in [1.54, 1.807) is 16.6 Å². The molecular weight excluding hydrogens is 368 g/mol. The van der Waals surface area contributed by atoms with Gasteiger partial charge in [-0.3, -0.25) is 0 Å². The Kier molecular flexibility index (Phi) is 4.07. The summed E-state index contributed by atoms with van der Waals surface area (Å²) in [6.07, 6.45) is 1.40. The summed E-state index contributed by atoms with van der Waals surface area (Å²) in [5.41, 5.74) is 1.11. The van der Waals surface area contributed by atoms with Crippen LogP contribution in [0, 0.1) is 0 Å². The van der Waals surface area contributed by atoms with Crippen LogP contribution in [-0.4, -0.2) is 33.7 Å². The van der Waals surface area contributed by atoms with Crippen LogP contribution >= 0.6 is 46.4 Å². The molecule has 9 heteroatoms. The molecule has 0 bridgehead atoms. The van der Waals surface area contributed by atoms with E-state index in [0.717, 1.165) is 0 Å². The maximum absolute atomic E-state index is 6.36. The van der Waals surface area contributed by atoms with E-state index < -0.39 is 0 Å². The largest absolute Gasteiger partial charge is 0.362 e. The van der Waals surface area contributed by atoms with Crippen molar-refractivity contribution in [1.29, 1.82) is 0 Å². The second-order valence-corrected chi connectivity index (χ2v) is 6.32. The summed E-state index contributed by atoms with van der Waals surface area (Å²) in [6.45, 7) is 0. The van der Waals surface area contributed by atoms with Crippen LogP contribution < -0.4 is 4.90 Å². The van der Waals surface area contributed by atoms with Gasteiger partial charge in [-0.15, -0.1) is 0 Å². The zero-order valence-electron chi connectivity index (χ0n) is 11.5. The second-order valence-electron chi connectivity index (χ2n) is 4.71. The predicted molar refractivity (Wildman–Crippen MR) is 90.6 cm³/mol. The Bertz CT molecular complexity index is 851. The van der Waals surface area contributed by atoms with Crippen molar-refractivity contribution < 1.29 is 0 Å². The average Bonchev–Trinajstić information content (AvgIpc) is 2.84. The Morgan fingerprint density at radius 3 is 2.23 bits per heavy atom. The van der Waals surface area contributed by atoms with Gasteiger partial charge in [0, 0.05) is 24.7 Å². The van der Waals surface area contributed by atoms with Crippen LogP contribution in [0.25, 0.3) is 16.9 Å². The molecule has 0 saturated carbocycles. The molecule has 0 N–H and O–H groups in total. The molecule has 0 aliphatic heterocycles. The lowest BCUT2D eigenvalue weighted by Gasteiger charge is -2.20. The Labute approximate surface area is 146 Å². The summed E-state index contributed by atoms with van der Waals surface area (Å²) in [6, 6.07) is 3.21. The zero-order valence-corrected chi connectivity index (χ0v) is 14.5. The van der Waals surface area contributed by atoms with Crippen molar-refractivity contribution in [2.24, 2.45) is 0 Å². The first-order chi connectivity index (χ1) is 10.4. The fourth-order valence-electron chi connectivity index (χ4n) is 2.21. The van der Waals surface area contributed by atoms with Crippen molar-refractivity contribution in [1.82, 2.24) is 19.6 Å². The Balaban J connectivity index is 2.45. The molecule has 0 unspecified atom stereocenters. The molecule has 0 aliphatic carbocycles. The van der Waals surface area contributed by atoms with Crippen LogP contribution in [0.15, 0.2) is 18.5 Å². The highest BCUT2D eigenvalue weighted by Gasteiger charge is 2.23. The van der Waals surface area contributed by atoms with Crippen molar-refractivity contribution in [3.8, 4) is 11.1 Å². The highest BCUT2D eigenvalue weighted by Crippen LogP contribution is 2.44. The van der Waals surface area contributed by atoms with Crippen molar-refractivity contribution >= 4 is 58.0 Å². The molecule has 2 heterocycles. The maximum atomic E-state index is 6.36. The maximum Gasteiger partial charge on any atom is 0.255 e. The van der Waals surface area contributed by atoms with Gasteiger partial charge in [0.2, 0.25) is 0 Å². The van der Waals surface area contributed by atoms with Gasteiger partial charge in [0.05, 0.1) is 15.6 Å². The number of anilines is 1. The van der Waals surface area contributed by atoms with Gasteiger partial charge in [-0.1, -0.05) is 46.4 Å². The first-order valence-electron chi connectivity index (χ1n) is 6.11. The normalized spacial score (nSPS) is 11.2. The minimum atomic E-state index is 0.232. The number of halogens is 4. The SMILES string of the molecule is CN(C)c1c(-c2c(Cl)cc(Cl)cc2Cl)c(Cl)nc2ncnn12.